The average Bonchev–Trinajstić information content (AvgIpc) is 2.53. The Bertz CT molecular complexity index is 455. The molecule has 0 aliphatic carbocycles. The van der Waals surface area contributed by atoms with E-state index >= 15 is 0 Å². The normalized spacial score (nSPS) is 10.2. The molecular formula is C9H5ClOS2. The van der Waals surface area contributed by atoms with Crippen molar-refractivity contribution < 1.29 is 0 Å². The number of hydrogen-bond acceptors (Lipinski definition) is 3. The summed E-state index contributed by atoms with van der Waals surface area (Å²) >= 11 is 8.25. The van der Waals surface area contributed by atoms with Crippen molar-refractivity contribution in [1.29, 1.82) is 0 Å². The van der Waals surface area contributed by atoms with Gasteiger partial charge in [0.25, 0.3) is 4.06 Å². The van der Waals surface area contributed by atoms with Gasteiger partial charge in [-0.15, -0.1) is 0 Å². The van der Waals surface area contributed by atoms with E-state index in [9.17, 15) is 4.79 Å². The topological polar surface area (TPSA) is 17.1 Å². The van der Waals surface area contributed by atoms with Crippen LogP contribution in [0.4, 0.5) is 0 Å². The van der Waals surface area contributed by atoms with Gasteiger partial charge in [-0.25, -0.2) is 0 Å². The van der Waals surface area contributed by atoms with Gasteiger partial charge < -0.3 is 0 Å². The molecule has 2 aromatic rings. The quantitative estimate of drug-likeness (QED) is 0.730. The predicted octanol–water partition coefficient (Wildman–Crippen LogP) is 3.49. The first-order chi connectivity index (χ1) is 6.25. The first kappa shape index (κ1) is 8.94. The van der Waals surface area contributed by atoms with Crippen LogP contribution in [0.2, 0.25) is 5.02 Å². The van der Waals surface area contributed by atoms with E-state index in [1.165, 1.54) is 22.7 Å². The van der Waals surface area contributed by atoms with Crippen LogP contribution in [0.3, 0.4) is 0 Å². The van der Waals surface area contributed by atoms with Crippen molar-refractivity contribution in [1.82, 2.24) is 0 Å². The lowest BCUT2D eigenvalue weighted by Crippen LogP contribution is -1.75. The molecule has 0 radical (unpaired) electrons. The lowest BCUT2D eigenvalue weighted by atomic mass is 10.2. The van der Waals surface area contributed by atoms with E-state index in [2.05, 4.69) is 0 Å². The summed E-state index contributed by atoms with van der Waals surface area (Å²) in [6.45, 7) is 0. The molecule has 13 heavy (non-hydrogen) atoms. The zero-order valence-electron chi connectivity index (χ0n) is 6.49. The van der Waals surface area contributed by atoms with E-state index in [4.69, 9.17) is 11.6 Å². The molecule has 0 amide bonds. The summed E-state index contributed by atoms with van der Waals surface area (Å²) in [5, 5.41) is 2.59. The first-order valence-electron chi connectivity index (χ1n) is 3.60. The second kappa shape index (κ2) is 3.62. The summed E-state index contributed by atoms with van der Waals surface area (Å²) in [7, 11) is 0. The third-order valence-corrected chi connectivity index (χ3v) is 3.81. The Morgan fingerprint density at radius 1 is 1.15 bits per heavy atom. The summed E-state index contributed by atoms with van der Waals surface area (Å²) in [4.78, 5) is 11.9. The third kappa shape index (κ3) is 1.99. The van der Waals surface area contributed by atoms with Gasteiger partial charge in [-0.1, -0.05) is 46.4 Å². The van der Waals surface area contributed by atoms with Crippen LogP contribution in [-0.2, 0) is 0 Å². The summed E-state index contributed by atoms with van der Waals surface area (Å²) in [5.41, 5.74) is 1.05. The van der Waals surface area contributed by atoms with Gasteiger partial charge >= 0.3 is 0 Å². The molecule has 0 atom stereocenters. The summed E-state index contributed by atoms with van der Waals surface area (Å²) < 4.78 is 0.130. The number of rotatable bonds is 1. The highest BCUT2D eigenvalue weighted by Crippen LogP contribution is 2.24. The Kier molecular flexibility index (Phi) is 2.49. The molecule has 1 aromatic heterocycles. The lowest BCUT2D eigenvalue weighted by Gasteiger charge is -1.94. The van der Waals surface area contributed by atoms with Crippen molar-refractivity contribution in [2.75, 3.05) is 0 Å². The molecule has 2 rings (SSSR count). The van der Waals surface area contributed by atoms with Crippen LogP contribution in [0.1, 0.15) is 0 Å². The van der Waals surface area contributed by atoms with Crippen LogP contribution in [0.15, 0.2) is 34.4 Å². The molecule has 0 N–H and O–H groups in total. The molecule has 0 fully saturated rings. The predicted molar refractivity (Wildman–Crippen MR) is 58.9 cm³/mol. The SMILES string of the molecule is O=c1scc(-c2ccc(Cl)cc2)s1. The molecule has 0 aliphatic rings. The molecule has 0 spiro atoms. The van der Waals surface area contributed by atoms with Crippen LogP contribution in [0.25, 0.3) is 10.4 Å². The van der Waals surface area contributed by atoms with Crippen molar-refractivity contribution in [3.63, 3.8) is 0 Å². The fraction of sp³-hybridized carbons (Fsp3) is 0. The first-order valence-corrected chi connectivity index (χ1v) is 5.68. The highest BCUT2D eigenvalue weighted by atomic mass is 35.5. The summed E-state index contributed by atoms with van der Waals surface area (Å²) in [5.74, 6) is 0. The van der Waals surface area contributed by atoms with Crippen molar-refractivity contribution in [3.05, 3.63) is 43.5 Å². The number of hydrogen-bond donors (Lipinski definition) is 0. The fourth-order valence-corrected chi connectivity index (χ4v) is 2.82. The highest BCUT2D eigenvalue weighted by molar-refractivity contribution is 7.28. The van der Waals surface area contributed by atoms with Crippen LogP contribution >= 0.6 is 34.3 Å². The Morgan fingerprint density at radius 3 is 2.38 bits per heavy atom. The Balaban J connectivity index is 2.47. The second-order valence-corrected chi connectivity index (χ2v) is 5.01. The molecular weight excluding hydrogens is 224 g/mol. The van der Waals surface area contributed by atoms with E-state index in [0.29, 0.717) is 5.02 Å². The lowest BCUT2D eigenvalue weighted by molar-refractivity contribution is 1.70. The minimum atomic E-state index is 0.130. The molecule has 1 aromatic carbocycles. The van der Waals surface area contributed by atoms with E-state index in [1.54, 1.807) is 0 Å². The smallest absolute Gasteiger partial charge is 0.265 e. The zero-order valence-corrected chi connectivity index (χ0v) is 8.88. The second-order valence-electron chi connectivity index (χ2n) is 2.46. The zero-order chi connectivity index (χ0) is 9.26. The van der Waals surface area contributed by atoms with Gasteiger partial charge in [-0.3, -0.25) is 4.79 Å². The molecule has 0 unspecified atom stereocenters. The molecule has 0 saturated heterocycles. The van der Waals surface area contributed by atoms with Crippen molar-refractivity contribution in [3.8, 4) is 10.4 Å². The number of benzene rings is 1. The van der Waals surface area contributed by atoms with Gasteiger partial charge in [0.1, 0.15) is 0 Å². The van der Waals surface area contributed by atoms with Gasteiger partial charge in [-0.05, 0) is 17.7 Å². The molecule has 1 nitrogen and oxygen atoms in total. The van der Waals surface area contributed by atoms with Crippen LogP contribution < -0.4 is 4.06 Å². The van der Waals surface area contributed by atoms with Gasteiger partial charge in [0.15, 0.2) is 0 Å². The maximum Gasteiger partial charge on any atom is 0.287 e. The third-order valence-electron chi connectivity index (χ3n) is 1.58. The average molecular weight is 229 g/mol. The minimum Gasteiger partial charge on any atom is -0.265 e. The summed E-state index contributed by atoms with van der Waals surface area (Å²) in [6.07, 6.45) is 0. The monoisotopic (exact) mass is 228 g/mol. The Labute approximate surface area is 88.2 Å². The molecule has 4 heteroatoms. The van der Waals surface area contributed by atoms with Gasteiger partial charge in [-0.2, -0.15) is 0 Å². The largest absolute Gasteiger partial charge is 0.287 e. The summed E-state index contributed by atoms with van der Waals surface area (Å²) in [6, 6.07) is 7.48. The van der Waals surface area contributed by atoms with Crippen LogP contribution in [-0.4, -0.2) is 0 Å². The Hall–Kier alpha value is -0.640. The van der Waals surface area contributed by atoms with E-state index in [-0.39, 0.29) is 4.06 Å². The molecule has 0 aliphatic heterocycles. The van der Waals surface area contributed by atoms with Crippen molar-refractivity contribution in [2.45, 2.75) is 0 Å². The Morgan fingerprint density at radius 2 is 1.85 bits per heavy atom. The molecule has 1 heterocycles. The molecule has 0 bridgehead atoms. The maximum absolute atomic E-state index is 10.9. The van der Waals surface area contributed by atoms with Crippen molar-refractivity contribution in [2.24, 2.45) is 0 Å². The van der Waals surface area contributed by atoms with Crippen molar-refractivity contribution >= 4 is 34.3 Å². The van der Waals surface area contributed by atoms with Gasteiger partial charge in [0.05, 0.1) is 0 Å². The minimum absolute atomic E-state index is 0.130. The van der Waals surface area contributed by atoms with Crippen LogP contribution in [0.5, 0.6) is 0 Å². The standard InChI is InChI=1S/C9H5ClOS2/c10-7-3-1-6(2-4-7)8-5-12-9(11)13-8/h1-5H. The van der Waals surface area contributed by atoms with Gasteiger partial charge in [0, 0.05) is 15.3 Å². The maximum atomic E-state index is 10.9. The van der Waals surface area contributed by atoms with E-state index in [0.717, 1.165) is 10.4 Å². The van der Waals surface area contributed by atoms with E-state index in [1.807, 2.05) is 29.6 Å². The number of halogens is 1. The molecule has 0 saturated carbocycles. The molecule has 66 valence electrons. The highest BCUT2D eigenvalue weighted by Gasteiger charge is 2.00. The fourth-order valence-electron chi connectivity index (χ4n) is 0.981. The van der Waals surface area contributed by atoms with Gasteiger partial charge in [0.2, 0.25) is 0 Å². The van der Waals surface area contributed by atoms with Crippen LogP contribution in [0, 0.1) is 0 Å². The van der Waals surface area contributed by atoms with E-state index < -0.39 is 0 Å².